The predicted octanol–water partition coefficient (Wildman–Crippen LogP) is 3.71. The topological polar surface area (TPSA) is 70.9 Å². The summed E-state index contributed by atoms with van der Waals surface area (Å²) in [7, 11) is 0. The predicted molar refractivity (Wildman–Crippen MR) is 98.3 cm³/mol. The van der Waals surface area contributed by atoms with Gasteiger partial charge in [0.2, 0.25) is 0 Å². The van der Waals surface area contributed by atoms with Crippen molar-refractivity contribution in [1.29, 1.82) is 0 Å². The molecule has 0 aliphatic rings. The first-order valence-electron chi connectivity index (χ1n) is 7.96. The number of carbonyl (C=O) groups is 1. The SMILES string of the molecule is CCOc1ccc(C=NNC(=O)c2cccc3ccccc23)cc1O. The smallest absolute Gasteiger partial charge is 0.271 e. The molecule has 0 saturated carbocycles. The zero-order chi connectivity index (χ0) is 17.6. The van der Waals surface area contributed by atoms with Gasteiger partial charge in [-0.1, -0.05) is 36.4 Å². The Bertz CT molecular complexity index is 930. The van der Waals surface area contributed by atoms with Gasteiger partial charge in [-0.15, -0.1) is 0 Å². The van der Waals surface area contributed by atoms with E-state index < -0.39 is 0 Å². The van der Waals surface area contributed by atoms with Gasteiger partial charge in [0, 0.05) is 5.56 Å². The average Bonchev–Trinajstić information content (AvgIpc) is 2.63. The van der Waals surface area contributed by atoms with Crippen molar-refractivity contribution in [3.05, 3.63) is 71.8 Å². The van der Waals surface area contributed by atoms with E-state index in [-0.39, 0.29) is 11.7 Å². The van der Waals surface area contributed by atoms with Crippen molar-refractivity contribution in [3.63, 3.8) is 0 Å². The normalized spacial score (nSPS) is 10.9. The number of hydrogen-bond donors (Lipinski definition) is 2. The number of nitrogens with one attached hydrogen (secondary N) is 1. The fraction of sp³-hybridized carbons (Fsp3) is 0.100. The summed E-state index contributed by atoms with van der Waals surface area (Å²) in [4.78, 5) is 12.4. The van der Waals surface area contributed by atoms with Gasteiger partial charge in [-0.3, -0.25) is 4.79 Å². The third-order valence-corrected chi connectivity index (χ3v) is 3.70. The minimum atomic E-state index is -0.289. The lowest BCUT2D eigenvalue weighted by Crippen LogP contribution is -2.17. The molecule has 126 valence electrons. The molecule has 0 aromatic heterocycles. The van der Waals surface area contributed by atoms with Crippen molar-refractivity contribution in [2.24, 2.45) is 5.10 Å². The molecule has 0 aliphatic carbocycles. The van der Waals surface area contributed by atoms with Gasteiger partial charge in [0.25, 0.3) is 5.91 Å². The minimum Gasteiger partial charge on any atom is -0.504 e. The molecule has 2 N–H and O–H groups in total. The van der Waals surface area contributed by atoms with Crippen LogP contribution >= 0.6 is 0 Å². The summed E-state index contributed by atoms with van der Waals surface area (Å²) < 4.78 is 5.27. The number of ether oxygens (including phenoxy) is 1. The number of benzene rings is 3. The van der Waals surface area contributed by atoms with Crippen molar-refractivity contribution in [3.8, 4) is 11.5 Å². The molecule has 0 aliphatic heterocycles. The fourth-order valence-corrected chi connectivity index (χ4v) is 2.54. The first-order valence-corrected chi connectivity index (χ1v) is 7.96. The summed E-state index contributed by atoms with van der Waals surface area (Å²) in [5.41, 5.74) is 3.73. The van der Waals surface area contributed by atoms with Gasteiger partial charge in [-0.05, 0) is 47.5 Å². The van der Waals surface area contributed by atoms with Crippen LogP contribution < -0.4 is 10.2 Å². The summed E-state index contributed by atoms with van der Waals surface area (Å²) >= 11 is 0. The number of amides is 1. The highest BCUT2D eigenvalue weighted by molar-refractivity contribution is 6.07. The van der Waals surface area contributed by atoms with Crippen LogP contribution in [0.3, 0.4) is 0 Å². The molecule has 0 spiro atoms. The highest BCUT2D eigenvalue weighted by Gasteiger charge is 2.08. The summed E-state index contributed by atoms with van der Waals surface area (Å²) in [5, 5.41) is 15.7. The molecule has 0 saturated heterocycles. The van der Waals surface area contributed by atoms with Crippen molar-refractivity contribution in [2.75, 3.05) is 6.61 Å². The summed E-state index contributed by atoms with van der Waals surface area (Å²) in [6.07, 6.45) is 1.47. The van der Waals surface area contributed by atoms with Crippen LogP contribution in [0.15, 0.2) is 65.8 Å². The molecule has 0 unspecified atom stereocenters. The Hall–Kier alpha value is -3.34. The molecule has 0 radical (unpaired) electrons. The van der Waals surface area contributed by atoms with Crippen molar-refractivity contribution in [1.82, 2.24) is 5.43 Å². The first kappa shape index (κ1) is 16.5. The highest BCUT2D eigenvalue weighted by Crippen LogP contribution is 2.26. The van der Waals surface area contributed by atoms with Crippen molar-refractivity contribution < 1.29 is 14.6 Å². The monoisotopic (exact) mass is 334 g/mol. The molecule has 3 aromatic rings. The van der Waals surface area contributed by atoms with E-state index in [9.17, 15) is 9.90 Å². The Labute approximate surface area is 145 Å². The maximum atomic E-state index is 12.4. The Kier molecular flexibility index (Phi) is 4.95. The molecular weight excluding hydrogens is 316 g/mol. The van der Waals surface area contributed by atoms with Crippen LogP contribution in [0.4, 0.5) is 0 Å². The Morgan fingerprint density at radius 2 is 1.96 bits per heavy atom. The molecule has 3 aromatic carbocycles. The van der Waals surface area contributed by atoms with E-state index in [1.165, 1.54) is 12.3 Å². The zero-order valence-electron chi connectivity index (χ0n) is 13.8. The molecule has 0 fully saturated rings. The standard InChI is InChI=1S/C20H18N2O3/c1-2-25-19-11-10-14(12-18(19)23)13-21-22-20(24)17-9-5-7-15-6-3-4-8-16(15)17/h3-13,23H,2H2,1H3,(H,22,24). The number of hydrogen-bond acceptors (Lipinski definition) is 4. The number of aromatic hydroxyl groups is 1. The minimum absolute atomic E-state index is 0.0335. The van der Waals surface area contributed by atoms with Gasteiger partial charge in [0.15, 0.2) is 11.5 Å². The number of fused-ring (bicyclic) bond motifs is 1. The van der Waals surface area contributed by atoms with Crippen LogP contribution in [0.25, 0.3) is 10.8 Å². The van der Waals surface area contributed by atoms with Gasteiger partial charge in [0.1, 0.15) is 0 Å². The lowest BCUT2D eigenvalue weighted by Gasteiger charge is -2.06. The van der Waals surface area contributed by atoms with E-state index in [4.69, 9.17) is 4.74 Å². The Morgan fingerprint density at radius 1 is 1.16 bits per heavy atom. The third-order valence-electron chi connectivity index (χ3n) is 3.70. The van der Waals surface area contributed by atoms with E-state index in [2.05, 4.69) is 10.5 Å². The molecule has 25 heavy (non-hydrogen) atoms. The number of phenols is 1. The molecule has 5 heteroatoms. The molecule has 3 rings (SSSR count). The molecule has 0 bridgehead atoms. The zero-order valence-corrected chi connectivity index (χ0v) is 13.8. The van der Waals surface area contributed by atoms with Gasteiger partial charge >= 0.3 is 0 Å². The largest absolute Gasteiger partial charge is 0.504 e. The molecule has 0 heterocycles. The summed E-state index contributed by atoms with van der Waals surface area (Å²) in [5.74, 6) is 0.161. The first-order chi connectivity index (χ1) is 12.2. The third kappa shape index (κ3) is 3.77. The van der Waals surface area contributed by atoms with E-state index >= 15 is 0 Å². The van der Waals surface area contributed by atoms with Crippen LogP contribution in [0.1, 0.15) is 22.8 Å². The van der Waals surface area contributed by atoms with E-state index in [1.807, 2.05) is 43.3 Å². The number of phenolic OH excluding ortho intramolecular Hbond substituents is 1. The molecule has 0 atom stereocenters. The lowest BCUT2D eigenvalue weighted by molar-refractivity contribution is 0.0957. The number of nitrogens with zero attached hydrogens (tertiary/aromatic N) is 1. The maximum absolute atomic E-state index is 12.4. The number of rotatable bonds is 5. The molecule has 5 nitrogen and oxygen atoms in total. The number of carbonyl (C=O) groups excluding carboxylic acids is 1. The summed E-state index contributed by atoms with van der Waals surface area (Å²) in [6, 6.07) is 18.2. The van der Waals surface area contributed by atoms with Crippen LogP contribution in [-0.2, 0) is 0 Å². The van der Waals surface area contributed by atoms with E-state index in [0.29, 0.717) is 23.5 Å². The van der Waals surface area contributed by atoms with Gasteiger partial charge < -0.3 is 9.84 Å². The lowest BCUT2D eigenvalue weighted by atomic mass is 10.0. The van der Waals surface area contributed by atoms with Crippen LogP contribution in [0.5, 0.6) is 11.5 Å². The second-order valence-corrected chi connectivity index (χ2v) is 5.39. The highest BCUT2D eigenvalue weighted by atomic mass is 16.5. The summed E-state index contributed by atoms with van der Waals surface area (Å²) in [6.45, 7) is 2.32. The van der Waals surface area contributed by atoms with Gasteiger partial charge in [0.05, 0.1) is 12.8 Å². The van der Waals surface area contributed by atoms with Crippen LogP contribution in [0.2, 0.25) is 0 Å². The van der Waals surface area contributed by atoms with Crippen molar-refractivity contribution in [2.45, 2.75) is 6.92 Å². The van der Waals surface area contributed by atoms with Crippen LogP contribution in [0, 0.1) is 0 Å². The number of hydrazone groups is 1. The fourth-order valence-electron chi connectivity index (χ4n) is 2.54. The second-order valence-electron chi connectivity index (χ2n) is 5.39. The maximum Gasteiger partial charge on any atom is 0.271 e. The van der Waals surface area contributed by atoms with Crippen LogP contribution in [-0.4, -0.2) is 23.8 Å². The second kappa shape index (κ2) is 7.49. The van der Waals surface area contributed by atoms with Crippen molar-refractivity contribution >= 4 is 22.9 Å². The quantitative estimate of drug-likeness (QED) is 0.552. The molecule has 1 amide bonds. The average molecular weight is 334 g/mol. The van der Waals surface area contributed by atoms with Gasteiger partial charge in [-0.2, -0.15) is 5.10 Å². The van der Waals surface area contributed by atoms with E-state index in [0.717, 1.165) is 10.8 Å². The Balaban J connectivity index is 1.73. The van der Waals surface area contributed by atoms with E-state index in [1.54, 1.807) is 18.2 Å². The Morgan fingerprint density at radius 3 is 2.76 bits per heavy atom. The van der Waals surface area contributed by atoms with Gasteiger partial charge in [-0.25, -0.2) is 5.43 Å². The molecular formula is C20H18N2O3.